The summed E-state index contributed by atoms with van der Waals surface area (Å²) in [5, 5.41) is 2.81. The lowest BCUT2D eigenvalue weighted by Crippen LogP contribution is -2.38. The molecule has 0 spiro atoms. The fourth-order valence-corrected chi connectivity index (χ4v) is 3.60. The number of benzene rings is 3. The van der Waals surface area contributed by atoms with Crippen LogP contribution in [0, 0.1) is 5.82 Å². The first-order chi connectivity index (χ1) is 15.9. The van der Waals surface area contributed by atoms with Gasteiger partial charge in [0.05, 0.1) is 12.2 Å². The fourth-order valence-electron chi connectivity index (χ4n) is 3.60. The Labute approximate surface area is 192 Å². The van der Waals surface area contributed by atoms with E-state index in [2.05, 4.69) is 19.2 Å². The third-order valence-electron chi connectivity index (χ3n) is 5.49. The van der Waals surface area contributed by atoms with Gasteiger partial charge in [0.25, 0.3) is 5.91 Å². The molecule has 1 N–H and O–H groups in total. The number of nitrogens with one attached hydrogen (secondary N) is 1. The Balaban J connectivity index is 1.49. The molecule has 1 heterocycles. The van der Waals surface area contributed by atoms with Gasteiger partial charge in [0.15, 0.2) is 6.61 Å². The Morgan fingerprint density at radius 3 is 2.61 bits per heavy atom. The molecule has 0 radical (unpaired) electrons. The number of anilines is 2. The van der Waals surface area contributed by atoms with Crippen LogP contribution in [0.3, 0.4) is 0 Å². The molecule has 0 aliphatic carbocycles. The molecule has 3 aromatic carbocycles. The van der Waals surface area contributed by atoms with E-state index in [4.69, 9.17) is 4.74 Å². The Hall–Kier alpha value is -3.93. The largest absolute Gasteiger partial charge is 0.482 e. The molecular weight excluding hydrogens is 419 g/mol. The number of carbonyl (C=O) groups is 2. The van der Waals surface area contributed by atoms with E-state index < -0.39 is 0 Å². The summed E-state index contributed by atoms with van der Waals surface area (Å²) in [5.41, 5.74) is 3.56. The highest BCUT2D eigenvalue weighted by atomic mass is 19.1. The summed E-state index contributed by atoms with van der Waals surface area (Å²) in [6.45, 7) is 4.22. The van der Waals surface area contributed by atoms with Crippen LogP contribution in [-0.2, 0) is 16.1 Å². The third-order valence-corrected chi connectivity index (χ3v) is 5.49. The second-order valence-electron chi connectivity index (χ2n) is 8.19. The lowest BCUT2D eigenvalue weighted by molar-refractivity contribution is -0.121. The predicted molar refractivity (Wildman–Crippen MR) is 128 cm³/mol. The van der Waals surface area contributed by atoms with Crippen LogP contribution in [0.4, 0.5) is 15.8 Å². The fraction of sp³-hybridized carbons (Fsp3) is 0.185. The van der Waals surface area contributed by atoms with Gasteiger partial charge < -0.3 is 15.0 Å². The summed E-state index contributed by atoms with van der Waals surface area (Å²) < 4.78 is 19.7. The highest BCUT2D eigenvalue weighted by Crippen LogP contribution is 2.35. The van der Waals surface area contributed by atoms with Crippen LogP contribution in [0.2, 0.25) is 0 Å². The van der Waals surface area contributed by atoms with Gasteiger partial charge in [0.1, 0.15) is 11.6 Å². The van der Waals surface area contributed by atoms with Crippen LogP contribution in [-0.4, -0.2) is 18.4 Å². The van der Waals surface area contributed by atoms with Crippen molar-refractivity contribution in [2.75, 3.05) is 16.8 Å². The second-order valence-corrected chi connectivity index (χ2v) is 8.19. The SMILES string of the molecule is CC(C)c1ccc(/C=C/C(=O)Nc2ccc3c(c2)N(Cc2ccccc2F)C(=O)CO3)cc1. The van der Waals surface area contributed by atoms with Crippen LogP contribution >= 0.6 is 0 Å². The Kier molecular flexibility index (Phi) is 6.54. The van der Waals surface area contributed by atoms with Crippen molar-refractivity contribution < 1.29 is 18.7 Å². The number of ether oxygens (including phenoxy) is 1. The molecule has 2 amide bonds. The Morgan fingerprint density at radius 1 is 1.12 bits per heavy atom. The Bertz CT molecular complexity index is 1200. The van der Waals surface area contributed by atoms with Gasteiger partial charge >= 0.3 is 0 Å². The van der Waals surface area contributed by atoms with Gasteiger partial charge in [-0.3, -0.25) is 9.59 Å². The molecule has 0 unspecified atom stereocenters. The molecule has 0 saturated carbocycles. The zero-order valence-electron chi connectivity index (χ0n) is 18.5. The van der Waals surface area contributed by atoms with E-state index in [1.54, 1.807) is 42.5 Å². The van der Waals surface area contributed by atoms with Crippen LogP contribution in [0.5, 0.6) is 5.75 Å². The predicted octanol–water partition coefficient (Wildman–Crippen LogP) is 5.53. The molecule has 0 bridgehead atoms. The van der Waals surface area contributed by atoms with Crippen molar-refractivity contribution in [1.82, 2.24) is 0 Å². The van der Waals surface area contributed by atoms with Crippen LogP contribution < -0.4 is 15.0 Å². The van der Waals surface area contributed by atoms with Crippen molar-refractivity contribution in [3.05, 3.63) is 95.3 Å². The highest BCUT2D eigenvalue weighted by molar-refractivity contribution is 6.03. The molecule has 33 heavy (non-hydrogen) atoms. The van der Waals surface area contributed by atoms with E-state index in [0.717, 1.165) is 5.56 Å². The summed E-state index contributed by atoms with van der Waals surface area (Å²) in [6.07, 6.45) is 3.21. The number of hydrogen-bond acceptors (Lipinski definition) is 3. The van der Waals surface area contributed by atoms with E-state index >= 15 is 0 Å². The summed E-state index contributed by atoms with van der Waals surface area (Å²) in [6, 6.07) is 19.4. The molecular formula is C27H25FN2O3. The molecule has 168 valence electrons. The lowest BCUT2D eigenvalue weighted by Gasteiger charge is -2.30. The number of carbonyl (C=O) groups excluding carboxylic acids is 2. The molecule has 1 aliphatic rings. The van der Waals surface area contributed by atoms with E-state index in [9.17, 15) is 14.0 Å². The van der Waals surface area contributed by atoms with E-state index in [1.165, 1.54) is 22.6 Å². The van der Waals surface area contributed by atoms with E-state index in [-0.39, 0.29) is 30.8 Å². The minimum absolute atomic E-state index is 0.0749. The van der Waals surface area contributed by atoms with Crippen molar-refractivity contribution in [1.29, 1.82) is 0 Å². The lowest BCUT2D eigenvalue weighted by atomic mass is 10.0. The van der Waals surface area contributed by atoms with Crippen LogP contribution in [0.25, 0.3) is 6.08 Å². The number of amides is 2. The first-order valence-corrected chi connectivity index (χ1v) is 10.8. The molecule has 5 nitrogen and oxygen atoms in total. The maximum absolute atomic E-state index is 14.2. The van der Waals surface area contributed by atoms with Gasteiger partial charge in [-0.15, -0.1) is 0 Å². The van der Waals surface area contributed by atoms with Gasteiger partial charge in [0, 0.05) is 17.3 Å². The molecule has 4 rings (SSSR count). The zero-order chi connectivity index (χ0) is 23.4. The maximum Gasteiger partial charge on any atom is 0.265 e. The number of hydrogen-bond donors (Lipinski definition) is 1. The number of rotatable bonds is 6. The average molecular weight is 445 g/mol. The van der Waals surface area contributed by atoms with E-state index in [1.807, 2.05) is 24.3 Å². The quantitative estimate of drug-likeness (QED) is 0.509. The number of fused-ring (bicyclic) bond motifs is 1. The number of nitrogens with zero attached hydrogens (tertiary/aromatic N) is 1. The summed E-state index contributed by atoms with van der Waals surface area (Å²) in [4.78, 5) is 26.4. The second kappa shape index (κ2) is 9.69. The molecule has 6 heteroatoms. The average Bonchev–Trinajstić information content (AvgIpc) is 2.81. The topological polar surface area (TPSA) is 58.6 Å². The summed E-state index contributed by atoms with van der Waals surface area (Å²) in [7, 11) is 0. The maximum atomic E-state index is 14.2. The van der Waals surface area contributed by atoms with Crippen molar-refractivity contribution in [3.63, 3.8) is 0 Å². The highest BCUT2D eigenvalue weighted by Gasteiger charge is 2.26. The van der Waals surface area contributed by atoms with Gasteiger partial charge in [-0.05, 0) is 47.4 Å². The first kappa shape index (κ1) is 22.3. The standard InChI is InChI=1S/C27H25FN2O3/c1-18(2)20-10-7-19(8-11-20)9-14-26(31)29-22-12-13-25-24(15-22)30(27(32)17-33-25)16-21-5-3-4-6-23(21)28/h3-15,18H,16-17H2,1-2H3,(H,29,31)/b14-9+. The van der Waals surface area contributed by atoms with Gasteiger partial charge in [-0.2, -0.15) is 0 Å². The normalized spacial score (nSPS) is 13.2. The molecule has 1 aliphatic heterocycles. The molecule has 0 fully saturated rings. The molecule has 0 atom stereocenters. The van der Waals surface area contributed by atoms with Gasteiger partial charge in [0.2, 0.25) is 5.91 Å². The van der Waals surface area contributed by atoms with Gasteiger partial charge in [-0.25, -0.2) is 4.39 Å². The minimum atomic E-state index is -0.380. The molecule has 0 saturated heterocycles. The van der Waals surface area contributed by atoms with Crippen molar-refractivity contribution >= 4 is 29.3 Å². The van der Waals surface area contributed by atoms with Crippen LogP contribution in [0.15, 0.2) is 72.8 Å². The first-order valence-electron chi connectivity index (χ1n) is 10.8. The van der Waals surface area contributed by atoms with Crippen molar-refractivity contribution in [2.45, 2.75) is 26.3 Å². The van der Waals surface area contributed by atoms with Crippen LogP contribution in [0.1, 0.15) is 36.5 Å². The van der Waals surface area contributed by atoms with Gasteiger partial charge in [-0.1, -0.05) is 56.3 Å². The van der Waals surface area contributed by atoms with Crippen molar-refractivity contribution in [3.8, 4) is 5.75 Å². The Morgan fingerprint density at radius 2 is 1.88 bits per heavy atom. The summed E-state index contributed by atoms with van der Waals surface area (Å²) >= 11 is 0. The van der Waals surface area contributed by atoms with Crippen molar-refractivity contribution in [2.24, 2.45) is 0 Å². The summed E-state index contributed by atoms with van der Waals surface area (Å²) in [5.74, 6) is -0.00574. The molecule has 3 aromatic rings. The number of halogens is 1. The molecule has 0 aromatic heterocycles. The third kappa shape index (κ3) is 5.29. The smallest absolute Gasteiger partial charge is 0.265 e. The minimum Gasteiger partial charge on any atom is -0.482 e. The zero-order valence-corrected chi connectivity index (χ0v) is 18.5. The monoisotopic (exact) mass is 444 g/mol. The van der Waals surface area contributed by atoms with E-state index in [0.29, 0.717) is 28.6 Å².